The van der Waals surface area contributed by atoms with E-state index < -0.39 is 0 Å². The van der Waals surface area contributed by atoms with Gasteiger partial charge in [-0.25, -0.2) is 0 Å². The van der Waals surface area contributed by atoms with Gasteiger partial charge in [-0.2, -0.15) is 0 Å². The molecule has 0 saturated heterocycles. The number of anilines is 1. The molecule has 1 aromatic rings. The first-order chi connectivity index (χ1) is 10.9. The summed E-state index contributed by atoms with van der Waals surface area (Å²) in [5.41, 5.74) is 2.34. The normalized spacial score (nSPS) is 17.3. The van der Waals surface area contributed by atoms with Gasteiger partial charge in [-0.1, -0.05) is 19.9 Å². The fourth-order valence-corrected chi connectivity index (χ4v) is 3.01. The Hall–Kier alpha value is -1.26. The van der Waals surface area contributed by atoms with Crippen molar-refractivity contribution in [1.29, 1.82) is 0 Å². The van der Waals surface area contributed by atoms with E-state index in [1.54, 1.807) is 0 Å². The summed E-state index contributed by atoms with van der Waals surface area (Å²) in [5.74, 6) is 0.965. The van der Waals surface area contributed by atoms with Gasteiger partial charge < -0.3 is 20.3 Å². The summed E-state index contributed by atoms with van der Waals surface area (Å²) < 4.78 is 6.01. The third kappa shape index (κ3) is 5.40. The Morgan fingerprint density at radius 1 is 1.30 bits per heavy atom. The lowest BCUT2D eigenvalue weighted by Gasteiger charge is -2.33. The first-order valence-electron chi connectivity index (χ1n) is 8.95. The fourth-order valence-electron chi connectivity index (χ4n) is 3.01. The summed E-state index contributed by atoms with van der Waals surface area (Å²) in [6.45, 7) is 16.2. The van der Waals surface area contributed by atoms with E-state index in [2.05, 4.69) is 68.4 Å². The van der Waals surface area contributed by atoms with Crippen molar-refractivity contribution in [1.82, 2.24) is 10.2 Å². The minimum absolute atomic E-state index is 0.131. The number of rotatable bonds is 8. The number of hydrogen-bond acceptors (Lipinski definition) is 4. The van der Waals surface area contributed by atoms with Gasteiger partial charge in [0.2, 0.25) is 0 Å². The molecule has 0 saturated carbocycles. The molecule has 4 nitrogen and oxygen atoms in total. The molecule has 0 aromatic heterocycles. The van der Waals surface area contributed by atoms with Crippen LogP contribution in [-0.4, -0.2) is 49.3 Å². The van der Waals surface area contributed by atoms with Gasteiger partial charge in [-0.15, -0.1) is 0 Å². The third-order valence-corrected chi connectivity index (χ3v) is 4.49. The van der Waals surface area contributed by atoms with E-state index in [-0.39, 0.29) is 5.60 Å². The van der Waals surface area contributed by atoms with E-state index in [1.807, 2.05) is 0 Å². The monoisotopic (exact) mass is 319 g/mol. The molecule has 1 heterocycles. The average Bonchev–Trinajstić information content (AvgIpc) is 2.51. The Kier molecular flexibility index (Phi) is 6.31. The van der Waals surface area contributed by atoms with Gasteiger partial charge in [0.05, 0.1) is 12.2 Å². The summed E-state index contributed by atoms with van der Waals surface area (Å²) in [6.07, 6.45) is 1.04. The van der Waals surface area contributed by atoms with Crippen molar-refractivity contribution in [3.05, 3.63) is 23.8 Å². The molecule has 1 unspecified atom stereocenters. The second kappa shape index (κ2) is 8.02. The zero-order valence-corrected chi connectivity index (χ0v) is 15.4. The molecular weight excluding hydrogens is 286 g/mol. The largest absolute Gasteiger partial charge is 0.484 e. The maximum absolute atomic E-state index is 6.01. The molecule has 0 bridgehead atoms. The van der Waals surface area contributed by atoms with Gasteiger partial charge in [-0.05, 0) is 58.0 Å². The summed E-state index contributed by atoms with van der Waals surface area (Å²) in [5, 5.41) is 7.12. The van der Waals surface area contributed by atoms with Crippen LogP contribution in [0.3, 0.4) is 0 Å². The number of nitrogens with one attached hydrogen (secondary N) is 2. The highest BCUT2D eigenvalue weighted by Crippen LogP contribution is 2.33. The molecule has 2 rings (SSSR count). The Balaban J connectivity index is 1.84. The van der Waals surface area contributed by atoms with Crippen LogP contribution < -0.4 is 15.4 Å². The lowest BCUT2D eigenvalue weighted by molar-refractivity contribution is 0.116. The molecule has 23 heavy (non-hydrogen) atoms. The lowest BCUT2D eigenvalue weighted by Crippen LogP contribution is -2.40. The number of likely N-dealkylation sites (N-methyl/N-ethyl adjacent to an activating group) is 1. The van der Waals surface area contributed by atoms with E-state index >= 15 is 0 Å². The third-order valence-electron chi connectivity index (χ3n) is 4.49. The standard InChI is InChI=1S/C19H33N3O/c1-6-22(7-2)11-10-20-15(3)12-16-8-9-18-17(13-16)21-14-19(4,5)23-18/h8-9,13,15,20-21H,6-7,10-12,14H2,1-5H3. The molecule has 4 heteroatoms. The van der Waals surface area contributed by atoms with E-state index in [1.165, 1.54) is 5.56 Å². The number of nitrogens with zero attached hydrogens (tertiary/aromatic N) is 1. The number of hydrogen-bond donors (Lipinski definition) is 2. The highest BCUT2D eigenvalue weighted by atomic mass is 16.5. The van der Waals surface area contributed by atoms with Gasteiger partial charge in [-0.3, -0.25) is 0 Å². The smallest absolute Gasteiger partial charge is 0.143 e. The molecule has 2 N–H and O–H groups in total. The summed E-state index contributed by atoms with van der Waals surface area (Å²) in [4.78, 5) is 2.45. The Morgan fingerprint density at radius 2 is 2.04 bits per heavy atom. The van der Waals surface area contributed by atoms with Crippen molar-refractivity contribution in [3.8, 4) is 5.75 Å². The lowest BCUT2D eigenvalue weighted by atomic mass is 10.0. The molecule has 1 atom stereocenters. The van der Waals surface area contributed by atoms with Crippen LogP contribution in [0.4, 0.5) is 5.69 Å². The van der Waals surface area contributed by atoms with Gasteiger partial charge in [0.25, 0.3) is 0 Å². The topological polar surface area (TPSA) is 36.5 Å². The average molecular weight is 319 g/mol. The van der Waals surface area contributed by atoms with E-state index in [4.69, 9.17) is 4.74 Å². The molecule has 1 aliphatic rings. The quantitative estimate of drug-likeness (QED) is 0.772. The fraction of sp³-hybridized carbons (Fsp3) is 0.684. The molecule has 1 aliphatic heterocycles. The highest BCUT2D eigenvalue weighted by molar-refractivity contribution is 5.60. The van der Waals surface area contributed by atoms with Crippen molar-refractivity contribution >= 4 is 5.69 Å². The van der Waals surface area contributed by atoms with Gasteiger partial charge in [0.1, 0.15) is 11.4 Å². The van der Waals surface area contributed by atoms with Crippen LogP contribution in [0.5, 0.6) is 5.75 Å². The SMILES string of the molecule is CCN(CC)CCNC(C)Cc1ccc2c(c1)NCC(C)(C)O2. The van der Waals surface area contributed by atoms with Crippen LogP contribution in [0.25, 0.3) is 0 Å². The van der Waals surface area contributed by atoms with Crippen LogP contribution in [0.1, 0.15) is 40.2 Å². The van der Waals surface area contributed by atoms with Crippen LogP contribution in [0, 0.1) is 0 Å². The second-order valence-corrected chi connectivity index (χ2v) is 7.13. The van der Waals surface area contributed by atoms with Crippen LogP contribution in [0.15, 0.2) is 18.2 Å². The Labute approximate surface area is 141 Å². The summed E-state index contributed by atoms with van der Waals surface area (Å²) in [6, 6.07) is 6.99. The molecule has 0 amide bonds. The van der Waals surface area contributed by atoms with Crippen LogP contribution >= 0.6 is 0 Å². The highest BCUT2D eigenvalue weighted by Gasteiger charge is 2.26. The predicted molar refractivity (Wildman–Crippen MR) is 98.6 cm³/mol. The zero-order chi connectivity index (χ0) is 16.9. The number of benzene rings is 1. The maximum Gasteiger partial charge on any atom is 0.143 e. The zero-order valence-electron chi connectivity index (χ0n) is 15.4. The summed E-state index contributed by atoms with van der Waals surface area (Å²) >= 11 is 0. The van der Waals surface area contributed by atoms with Crippen molar-refractivity contribution in [2.24, 2.45) is 0 Å². The number of fused-ring (bicyclic) bond motifs is 1. The van der Waals surface area contributed by atoms with E-state index in [0.29, 0.717) is 6.04 Å². The van der Waals surface area contributed by atoms with Crippen molar-refractivity contribution < 1.29 is 4.74 Å². The molecule has 0 radical (unpaired) electrons. The van der Waals surface area contributed by atoms with Crippen LogP contribution in [-0.2, 0) is 6.42 Å². The molecule has 0 fully saturated rings. The first-order valence-corrected chi connectivity index (χ1v) is 8.95. The van der Waals surface area contributed by atoms with Gasteiger partial charge in [0.15, 0.2) is 0 Å². The molecule has 130 valence electrons. The minimum Gasteiger partial charge on any atom is -0.484 e. The maximum atomic E-state index is 6.01. The number of ether oxygens (including phenoxy) is 1. The predicted octanol–water partition coefficient (Wildman–Crippen LogP) is 3.13. The summed E-state index contributed by atoms with van der Waals surface area (Å²) in [7, 11) is 0. The minimum atomic E-state index is -0.131. The second-order valence-electron chi connectivity index (χ2n) is 7.13. The van der Waals surface area contributed by atoms with Gasteiger partial charge in [0, 0.05) is 19.1 Å². The van der Waals surface area contributed by atoms with E-state index in [9.17, 15) is 0 Å². The van der Waals surface area contributed by atoms with Crippen molar-refractivity contribution in [2.75, 3.05) is 38.0 Å². The molecular formula is C19H33N3O. The first kappa shape index (κ1) is 18.1. The Bertz CT molecular complexity index is 497. The molecule has 0 aliphatic carbocycles. The van der Waals surface area contributed by atoms with Crippen molar-refractivity contribution in [3.63, 3.8) is 0 Å². The van der Waals surface area contributed by atoms with Gasteiger partial charge >= 0.3 is 0 Å². The van der Waals surface area contributed by atoms with Crippen molar-refractivity contribution in [2.45, 2.75) is 52.7 Å². The molecule has 1 aromatic carbocycles. The Morgan fingerprint density at radius 3 is 2.74 bits per heavy atom. The van der Waals surface area contributed by atoms with Crippen LogP contribution in [0.2, 0.25) is 0 Å². The van der Waals surface area contributed by atoms with E-state index in [0.717, 1.165) is 50.6 Å². The molecule has 0 spiro atoms.